The zero-order chi connectivity index (χ0) is 39.0. The van der Waals surface area contributed by atoms with Crippen LogP contribution in [0.1, 0.15) is 16.7 Å². The van der Waals surface area contributed by atoms with E-state index in [1.165, 1.54) is 0 Å². The molecule has 0 atom stereocenters. The molecule has 0 saturated heterocycles. The van der Waals surface area contributed by atoms with Gasteiger partial charge in [0, 0.05) is 86.8 Å². The van der Waals surface area contributed by atoms with Crippen LogP contribution in [0.3, 0.4) is 0 Å². The largest absolute Gasteiger partial charge is 0.485 e. The van der Waals surface area contributed by atoms with Gasteiger partial charge in [0.25, 0.3) is 0 Å². The molecular formula is C32H27F13O6UV3. The third-order valence-electron chi connectivity index (χ3n) is 5.79. The Balaban J connectivity index is -0.000000451. The summed E-state index contributed by atoms with van der Waals surface area (Å²) in [6, 6.07) is 0. The summed E-state index contributed by atoms with van der Waals surface area (Å²) in [4.78, 5) is 0. The van der Waals surface area contributed by atoms with Crippen LogP contribution in [-0.2, 0) is 65.1 Å². The molecule has 0 saturated carbocycles. The van der Waals surface area contributed by atoms with Gasteiger partial charge in [-0.3, -0.25) is 0 Å². The molecule has 23 heteroatoms. The second kappa shape index (κ2) is 30.3. The van der Waals surface area contributed by atoms with E-state index < -0.39 is 130 Å². The number of halogens is 13. The van der Waals surface area contributed by atoms with Crippen LogP contribution in [0.4, 0.5) is 57.1 Å². The molecule has 0 aliphatic heterocycles. The van der Waals surface area contributed by atoms with Gasteiger partial charge in [0.2, 0.25) is 29.1 Å². The fourth-order valence-corrected chi connectivity index (χ4v) is 3.41. The second-order valence-corrected chi connectivity index (χ2v) is 8.96. The Labute approximate surface area is 365 Å². The first-order chi connectivity index (χ1) is 24.1. The van der Waals surface area contributed by atoms with Crippen molar-refractivity contribution in [3.8, 4) is 11.5 Å². The van der Waals surface area contributed by atoms with Gasteiger partial charge in [-0.15, -0.1) is 0 Å². The number of hydrogen-bond donors (Lipinski definition) is 2. The SMILES string of the molecule is C=Cc1c(F)c(F)c(F)c(F)c1F.C=Cc1c(F)c(F)c(OCCOCCOc2c(F)c(F)c(C=C)c(F)c2F)c(F)c1F.OCCOCCO.[U].[V].[V].[V]. The first-order valence-electron chi connectivity index (χ1n) is 13.8. The van der Waals surface area contributed by atoms with Gasteiger partial charge in [-0.05, 0) is 0 Å². The number of rotatable bonds is 15. The van der Waals surface area contributed by atoms with Gasteiger partial charge in [-0.1, -0.05) is 38.0 Å². The van der Waals surface area contributed by atoms with Crippen molar-refractivity contribution in [2.45, 2.75) is 0 Å². The Hall–Kier alpha value is -1.78. The summed E-state index contributed by atoms with van der Waals surface area (Å²) >= 11 is 0. The molecule has 3 aromatic carbocycles. The summed E-state index contributed by atoms with van der Waals surface area (Å²) in [5.41, 5.74) is -3.01. The van der Waals surface area contributed by atoms with Crippen molar-refractivity contribution in [3.05, 3.63) is 112 Å². The molecule has 0 aliphatic rings. The van der Waals surface area contributed by atoms with E-state index in [9.17, 15) is 57.1 Å². The number of ether oxygens (including phenoxy) is 4. The minimum atomic E-state index is -2.17. The van der Waals surface area contributed by atoms with Crippen LogP contribution in [0.5, 0.6) is 11.5 Å². The van der Waals surface area contributed by atoms with Crippen molar-refractivity contribution in [3.63, 3.8) is 0 Å². The molecule has 0 spiro atoms. The van der Waals surface area contributed by atoms with Crippen molar-refractivity contribution in [1.82, 2.24) is 0 Å². The molecule has 301 valence electrons. The standard InChI is InChI=1S/C20H14F8O3.C8H3F5.C4H10O3.U.3V/c1-3-9-11(21)15(25)19(16(26)12(9)22)30-7-5-29-6-8-31-20-17(27)13(23)10(4-2)14(24)18(20)28;1-2-3-4(9)6(11)8(13)7(12)5(3)10;5-1-3-7-4-2-6;;;;/h3-4H,1-2,5-8H2;2H,1H2;5-6H,1-4H2;;;;. The van der Waals surface area contributed by atoms with Crippen LogP contribution >= 0.6 is 0 Å². The van der Waals surface area contributed by atoms with E-state index in [1.54, 1.807) is 0 Å². The Kier molecular flexibility index (Phi) is 33.0. The van der Waals surface area contributed by atoms with Crippen molar-refractivity contribution in [2.75, 3.05) is 52.9 Å². The number of benzene rings is 3. The molecule has 6 nitrogen and oxygen atoms in total. The van der Waals surface area contributed by atoms with E-state index in [0.29, 0.717) is 31.4 Å². The van der Waals surface area contributed by atoms with Gasteiger partial charge in [0.1, 0.15) is 13.2 Å². The maximum absolute atomic E-state index is 13.7. The van der Waals surface area contributed by atoms with Gasteiger partial charge < -0.3 is 29.2 Å². The van der Waals surface area contributed by atoms with Crippen LogP contribution in [-0.4, -0.2) is 63.1 Å². The van der Waals surface area contributed by atoms with E-state index in [1.807, 2.05) is 0 Å². The monoisotopic (exact) mass is 1150 g/mol. The Morgan fingerprint density at radius 2 is 0.582 bits per heavy atom. The third kappa shape index (κ3) is 16.2. The van der Waals surface area contributed by atoms with Gasteiger partial charge in [-0.2, -0.15) is 17.6 Å². The van der Waals surface area contributed by atoms with Crippen LogP contribution in [0, 0.1) is 107 Å². The summed E-state index contributed by atoms with van der Waals surface area (Å²) in [6.07, 6.45) is 1.76. The molecule has 55 heavy (non-hydrogen) atoms. The van der Waals surface area contributed by atoms with Crippen molar-refractivity contribution in [2.24, 2.45) is 0 Å². The van der Waals surface area contributed by atoms with Gasteiger partial charge in [0.05, 0.1) is 56.3 Å². The smallest absolute Gasteiger partial charge is 0.204 e. The van der Waals surface area contributed by atoms with Crippen LogP contribution < -0.4 is 9.47 Å². The average molecular weight is 1150 g/mol. The fraction of sp³-hybridized carbons (Fsp3) is 0.250. The second-order valence-electron chi connectivity index (χ2n) is 8.96. The summed E-state index contributed by atoms with van der Waals surface area (Å²) in [7, 11) is 0. The molecular weight excluding hydrogens is 1120 g/mol. The van der Waals surface area contributed by atoms with E-state index in [2.05, 4.69) is 33.9 Å². The Morgan fingerprint density at radius 3 is 0.818 bits per heavy atom. The number of aliphatic hydroxyl groups is 2. The first-order valence-corrected chi connectivity index (χ1v) is 13.8. The zero-order valence-corrected chi connectivity index (χ0v) is 36.1. The summed E-state index contributed by atoms with van der Waals surface area (Å²) in [5.74, 6) is -26.3. The van der Waals surface area contributed by atoms with E-state index >= 15 is 0 Å². The minimum Gasteiger partial charge on any atom is -0.485 e. The minimum absolute atomic E-state index is 0. The third-order valence-corrected chi connectivity index (χ3v) is 5.79. The fourth-order valence-electron chi connectivity index (χ4n) is 3.41. The molecule has 0 aliphatic carbocycles. The maximum atomic E-state index is 13.7. The molecule has 3 radical (unpaired) electrons. The molecule has 3 rings (SSSR count). The molecule has 0 aromatic heterocycles. The van der Waals surface area contributed by atoms with Crippen molar-refractivity contribution >= 4 is 18.2 Å². The summed E-state index contributed by atoms with van der Waals surface area (Å²) in [6.45, 7) is 7.78. The number of aliphatic hydroxyl groups excluding tert-OH is 2. The average Bonchev–Trinajstić information content (AvgIpc) is 3.12. The molecule has 0 fully saturated rings. The zero-order valence-electron chi connectivity index (χ0n) is 27.8. The predicted octanol–water partition coefficient (Wildman–Crippen LogP) is 7.57. The van der Waals surface area contributed by atoms with Gasteiger partial charge in [-0.25, -0.2) is 39.5 Å². The molecule has 0 heterocycles. The van der Waals surface area contributed by atoms with E-state index in [-0.39, 0.29) is 100.0 Å². The van der Waals surface area contributed by atoms with E-state index in [4.69, 9.17) is 14.9 Å². The van der Waals surface area contributed by atoms with Crippen molar-refractivity contribution in [1.29, 1.82) is 0 Å². The van der Waals surface area contributed by atoms with Crippen molar-refractivity contribution < 1.29 is 173 Å². The normalized spacial score (nSPS) is 9.73. The van der Waals surface area contributed by atoms with E-state index in [0.717, 1.165) is 0 Å². The van der Waals surface area contributed by atoms with Crippen LogP contribution in [0.2, 0.25) is 0 Å². The quantitative estimate of drug-likeness (QED) is 0.0709. The number of hydrogen-bond acceptors (Lipinski definition) is 6. The van der Waals surface area contributed by atoms with Crippen LogP contribution in [0.25, 0.3) is 18.2 Å². The Morgan fingerprint density at radius 1 is 0.364 bits per heavy atom. The van der Waals surface area contributed by atoms with Crippen LogP contribution in [0.15, 0.2) is 19.7 Å². The molecule has 0 unspecified atom stereocenters. The summed E-state index contributed by atoms with van der Waals surface area (Å²) < 4.78 is 191. The first kappa shape index (κ1) is 59.9. The molecule has 0 bridgehead atoms. The molecule has 0 amide bonds. The predicted molar refractivity (Wildman–Crippen MR) is 156 cm³/mol. The maximum Gasteiger partial charge on any atom is 0.204 e. The summed E-state index contributed by atoms with van der Waals surface area (Å²) in [5, 5.41) is 16.2. The molecule has 3 aromatic rings. The van der Waals surface area contributed by atoms with Gasteiger partial charge >= 0.3 is 0 Å². The topological polar surface area (TPSA) is 77.4 Å². The van der Waals surface area contributed by atoms with Gasteiger partial charge in [0.15, 0.2) is 58.0 Å². The Bertz CT molecular complexity index is 1540. The molecule has 2 N–H and O–H groups in total.